The van der Waals surface area contributed by atoms with Gasteiger partial charge in [-0.25, -0.2) is 17.6 Å². The Morgan fingerprint density at radius 1 is 1.31 bits per heavy atom. The largest absolute Gasteiger partial charge is 0.433 e. The second-order valence-corrected chi connectivity index (χ2v) is 10.7. The Hall–Kier alpha value is -2.34. The number of aliphatic hydroxyl groups excluding tert-OH is 1. The van der Waals surface area contributed by atoms with Crippen molar-refractivity contribution in [3.63, 3.8) is 0 Å². The number of carbonyl (C=O) groups excluding carboxylic acids is 1. The van der Waals surface area contributed by atoms with Crippen molar-refractivity contribution in [3.8, 4) is 0 Å². The molecule has 174 valence electrons. The predicted molar refractivity (Wildman–Crippen MR) is 120 cm³/mol. The molecule has 0 bridgehead atoms. The van der Waals surface area contributed by atoms with Gasteiger partial charge >= 0.3 is 6.09 Å². The van der Waals surface area contributed by atoms with Crippen LogP contribution in [-0.4, -0.2) is 49.3 Å². The van der Waals surface area contributed by atoms with Gasteiger partial charge in [-0.3, -0.25) is 4.84 Å². The number of carbonyl (C=O) groups is 1. The summed E-state index contributed by atoms with van der Waals surface area (Å²) in [5.41, 5.74) is 1.59. The maximum atomic E-state index is 13.2. The monoisotopic (exact) mass is 483 g/mol. The van der Waals surface area contributed by atoms with Gasteiger partial charge in [0.15, 0.2) is 0 Å². The summed E-state index contributed by atoms with van der Waals surface area (Å²) >= 11 is 1.23. The molecule has 1 aliphatic carbocycles. The van der Waals surface area contributed by atoms with E-state index < -0.39 is 28.0 Å². The molecule has 2 aromatic rings. The zero-order valence-corrected chi connectivity index (χ0v) is 19.7. The lowest BCUT2D eigenvalue weighted by Crippen LogP contribution is -2.32. The van der Waals surface area contributed by atoms with Crippen molar-refractivity contribution in [2.75, 3.05) is 13.6 Å². The number of aliphatic hydroxyl groups is 1. The molecule has 8 nitrogen and oxygen atoms in total. The summed E-state index contributed by atoms with van der Waals surface area (Å²) in [4.78, 5) is 17.5. The van der Waals surface area contributed by atoms with Gasteiger partial charge < -0.3 is 10.4 Å². The van der Waals surface area contributed by atoms with E-state index in [4.69, 9.17) is 4.84 Å². The smallest absolute Gasteiger partial charge is 0.387 e. The van der Waals surface area contributed by atoms with Crippen LogP contribution in [0.1, 0.15) is 48.8 Å². The number of amides is 1. The zero-order valence-electron chi connectivity index (χ0n) is 18.0. The molecule has 1 atom stereocenters. The van der Waals surface area contributed by atoms with Crippen molar-refractivity contribution < 1.29 is 27.5 Å². The molecule has 0 fully saturated rings. The highest BCUT2D eigenvalue weighted by molar-refractivity contribution is 7.89. The first-order chi connectivity index (χ1) is 15.1. The Bertz CT molecular complexity index is 1100. The van der Waals surface area contributed by atoms with E-state index in [1.807, 2.05) is 0 Å². The van der Waals surface area contributed by atoms with E-state index >= 15 is 0 Å². The molecule has 32 heavy (non-hydrogen) atoms. The standard InChI is InChI=1S/C21H26FN3O5S2/c1-13(2)23-21(27)30-24-17-6-4-5-16-19(12-31-20(16)17)32(28,29)25(3)11-18(26)14-7-9-15(22)10-8-14/h7-10,12-13,18,26H,4-6,11H2,1-3H3,(H,23,27). The molecule has 0 spiro atoms. The molecule has 1 aromatic carbocycles. The lowest BCUT2D eigenvalue weighted by molar-refractivity contribution is 0.148. The Labute approximate surface area is 190 Å². The Morgan fingerprint density at radius 3 is 2.66 bits per heavy atom. The van der Waals surface area contributed by atoms with Crippen LogP contribution in [0.4, 0.5) is 9.18 Å². The number of benzene rings is 1. The third-order valence-electron chi connectivity index (χ3n) is 4.98. The van der Waals surface area contributed by atoms with Crippen molar-refractivity contribution in [1.82, 2.24) is 9.62 Å². The van der Waals surface area contributed by atoms with Crippen LogP contribution in [0.5, 0.6) is 0 Å². The SMILES string of the molecule is CC(C)NC(=O)ON=C1CCCc2c(S(=O)(=O)N(C)CC(O)c3ccc(F)cc3)csc21. The van der Waals surface area contributed by atoms with Gasteiger partial charge in [-0.1, -0.05) is 17.3 Å². The highest BCUT2D eigenvalue weighted by Gasteiger charge is 2.31. The molecule has 1 aliphatic rings. The van der Waals surface area contributed by atoms with Gasteiger partial charge in [0, 0.05) is 25.0 Å². The van der Waals surface area contributed by atoms with Crippen molar-refractivity contribution in [2.45, 2.75) is 50.2 Å². The number of oxime groups is 1. The van der Waals surface area contributed by atoms with Crippen LogP contribution in [0.2, 0.25) is 0 Å². The molecule has 0 radical (unpaired) electrons. The molecule has 1 aromatic heterocycles. The van der Waals surface area contributed by atoms with Crippen molar-refractivity contribution >= 4 is 33.2 Å². The maximum Gasteiger partial charge on any atom is 0.433 e. The van der Waals surface area contributed by atoms with Crippen molar-refractivity contribution in [3.05, 3.63) is 51.5 Å². The van der Waals surface area contributed by atoms with Crippen molar-refractivity contribution in [1.29, 1.82) is 0 Å². The fourth-order valence-electron chi connectivity index (χ4n) is 3.35. The lowest BCUT2D eigenvalue weighted by atomic mass is 9.98. The summed E-state index contributed by atoms with van der Waals surface area (Å²) < 4.78 is 40.6. The normalized spacial score (nSPS) is 16.3. The van der Waals surface area contributed by atoms with Gasteiger partial charge in [-0.15, -0.1) is 11.3 Å². The van der Waals surface area contributed by atoms with Gasteiger partial charge in [0.25, 0.3) is 0 Å². The van der Waals surface area contributed by atoms with Crippen LogP contribution >= 0.6 is 11.3 Å². The molecule has 11 heteroatoms. The molecular weight excluding hydrogens is 457 g/mol. The van der Waals surface area contributed by atoms with Gasteiger partial charge in [-0.05, 0) is 56.4 Å². The summed E-state index contributed by atoms with van der Waals surface area (Å²) in [6.45, 7) is 3.41. The van der Waals surface area contributed by atoms with E-state index in [1.165, 1.54) is 42.6 Å². The second-order valence-electron chi connectivity index (χ2n) is 7.83. The number of sulfonamides is 1. The van der Waals surface area contributed by atoms with Gasteiger partial charge in [-0.2, -0.15) is 4.31 Å². The van der Waals surface area contributed by atoms with Gasteiger partial charge in [0.05, 0.1) is 21.6 Å². The highest BCUT2D eigenvalue weighted by Crippen LogP contribution is 2.35. The van der Waals surface area contributed by atoms with E-state index in [9.17, 15) is 22.7 Å². The number of hydrogen-bond acceptors (Lipinski definition) is 7. The summed E-state index contributed by atoms with van der Waals surface area (Å²) in [5, 5.41) is 18.5. The van der Waals surface area contributed by atoms with Crippen LogP contribution in [0.3, 0.4) is 0 Å². The number of rotatable bonds is 7. The Kier molecular flexibility index (Phi) is 7.65. The minimum absolute atomic E-state index is 0.0936. The quantitative estimate of drug-likeness (QED) is 0.463. The molecule has 0 aliphatic heterocycles. The Morgan fingerprint density at radius 2 is 2.00 bits per heavy atom. The molecular formula is C21H26FN3O5S2. The lowest BCUT2D eigenvalue weighted by Gasteiger charge is -2.22. The van der Waals surface area contributed by atoms with Gasteiger partial charge in [0.1, 0.15) is 5.82 Å². The number of fused-ring (bicyclic) bond motifs is 1. The minimum atomic E-state index is -3.88. The first-order valence-electron chi connectivity index (χ1n) is 10.1. The molecule has 1 unspecified atom stereocenters. The fraction of sp³-hybridized carbons (Fsp3) is 0.429. The number of nitrogens with one attached hydrogen (secondary N) is 1. The molecule has 3 rings (SSSR count). The second kappa shape index (κ2) is 10.1. The summed E-state index contributed by atoms with van der Waals surface area (Å²) in [5.74, 6) is -0.435. The topological polar surface area (TPSA) is 108 Å². The zero-order chi connectivity index (χ0) is 23.5. The summed E-state index contributed by atoms with van der Waals surface area (Å²) in [6.07, 6.45) is 0.0238. The van der Waals surface area contributed by atoms with Crippen LogP contribution in [0.25, 0.3) is 0 Å². The first-order valence-corrected chi connectivity index (χ1v) is 12.5. The minimum Gasteiger partial charge on any atom is -0.387 e. The number of hydrogen-bond donors (Lipinski definition) is 2. The third-order valence-corrected chi connectivity index (χ3v) is 8.09. The highest BCUT2D eigenvalue weighted by atomic mass is 32.2. The van der Waals surface area contributed by atoms with Crippen molar-refractivity contribution in [2.24, 2.45) is 5.16 Å². The predicted octanol–water partition coefficient (Wildman–Crippen LogP) is 3.42. The van der Waals surface area contributed by atoms with E-state index in [0.29, 0.717) is 41.0 Å². The fourth-order valence-corrected chi connectivity index (χ4v) is 6.23. The first kappa shape index (κ1) is 24.3. The molecule has 2 N–H and O–H groups in total. The van der Waals surface area contributed by atoms with Crippen LogP contribution in [0.15, 0.2) is 39.7 Å². The van der Waals surface area contributed by atoms with Crippen LogP contribution in [0, 0.1) is 5.82 Å². The number of likely N-dealkylation sites (N-methyl/N-ethyl adjacent to an activating group) is 1. The molecule has 0 saturated carbocycles. The average Bonchev–Trinajstić information content (AvgIpc) is 3.17. The van der Waals surface area contributed by atoms with Crippen LogP contribution in [-0.2, 0) is 21.3 Å². The van der Waals surface area contributed by atoms with E-state index in [1.54, 1.807) is 19.2 Å². The van der Waals surface area contributed by atoms with E-state index in [0.717, 1.165) is 4.31 Å². The summed E-state index contributed by atoms with van der Waals surface area (Å²) in [7, 11) is -2.49. The van der Waals surface area contributed by atoms with E-state index in [2.05, 4.69) is 10.5 Å². The van der Waals surface area contributed by atoms with E-state index in [-0.39, 0.29) is 17.5 Å². The van der Waals surface area contributed by atoms with Gasteiger partial charge in [0.2, 0.25) is 10.0 Å². The molecule has 1 heterocycles. The number of thiophene rings is 1. The molecule has 1 amide bonds. The number of halogens is 1. The molecule has 0 saturated heterocycles. The number of nitrogens with zero attached hydrogens (tertiary/aromatic N) is 2. The maximum absolute atomic E-state index is 13.2. The third kappa shape index (κ3) is 5.52. The average molecular weight is 484 g/mol. The Balaban J connectivity index is 1.78. The summed E-state index contributed by atoms with van der Waals surface area (Å²) in [6, 6.07) is 5.18. The van der Waals surface area contributed by atoms with Crippen LogP contribution < -0.4 is 5.32 Å².